The van der Waals surface area contributed by atoms with Gasteiger partial charge in [-0.05, 0) is 36.4 Å². The number of alkyl halides is 3. The minimum absolute atomic E-state index is 0.00325. The van der Waals surface area contributed by atoms with Gasteiger partial charge in [0.2, 0.25) is 0 Å². The number of rotatable bonds is 3. The van der Waals surface area contributed by atoms with E-state index in [4.69, 9.17) is 4.74 Å². The summed E-state index contributed by atoms with van der Waals surface area (Å²) in [5, 5.41) is 14.6. The number of hydrazone groups is 1. The van der Waals surface area contributed by atoms with Crippen molar-refractivity contribution in [1.82, 2.24) is 5.01 Å². The van der Waals surface area contributed by atoms with Crippen LogP contribution in [0.5, 0.6) is 5.75 Å². The third-order valence-electron chi connectivity index (χ3n) is 4.15. The fraction of sp³-hybridized carbons (Fsp3) is 0.222. The number of hydrogen-bond donors (Lipinski definition) is 1. The molecular formula is C18H14F4N2O3. The van der Waals surface area contributed by atoms with Crippen molar-refractivity contribution in [3.05, 3.63) is 65.5 Å². The second kappa shape index (κ2) is 6.66. The largest absolute Gasteiger partial charge is 0.497 e. The number of benzene rings is 2. The number of ether oxygens (including phenoxy) is 1. The van der Waals surface area contributed by atoms with E-state index in [-0.39, 0.29) is 11.1 Å². The second-order valence-corrected chi connectivity index (χ2v) is 5.89. The maximum absolute atomic E-state index is 13.2. The first kappa shape index (κ1) is 18.8. The summed E-state index contributed by atoms with van der Waals surface area (Å²) in [7, 11) is 1.42. The zero-order valence-electron chi connectivity index (χ0n) is 14.0. The van der Waals surface area contributed by atoms with Crippen molar-refractivity contribution >= 4 is 11.6 Å². The van der Waals surface area contributed by atoms with Gasteiger partial charge in [0.05, 0.1) is 13.5 Å². The Balaban J connectivity index is 2.04. The van der Waals surface area contributed by atoms with E-state index in [1.54, 1.807) is 0 Å². The first-order valence-corrected chi connectivity index (χ1v) is 7.77. The standard InChI is InChI=1S/C18H14F4N2O3/c1-27-14-8-2-11(3-9-14)16(25)24-17(26,10-15(23-24)18(20,21)22)12-4-6-13(19)7-5-12/h2-9,26H,10H2,1H3/t17-/m0/s1. The van der Waals surface area contributed by atoms with Gasteiger partial charge in [0.25, 0.3) is 5.91 Å². The van der Waals surface area contributed by atoms with E-state index in [2.05, 4.69) is 5.10 Å². The molecule has 0 saturated carbocycles. The minimum atomic E-state index is -4.83. The maximum Gasteiger partial charge on any atom is 0.431 e. The molecule has 0 fully saturated rings. The van der Waals surface area contributed by atoms with Crippen molar-refractivity contribution in [2.45, 2.75) is 18.3 Å². The predicted molar refractivity (Wildman–Crippen MR) is 87.6 cm³/mol. The summed E-state index contributed by atoms with van der Waals surface area (Å²) in [5.74, 6) is -1.13. The third kappa shape index (κ3) is 3.50. The van der Waals surface area contributed by atoms with Crippen LogP contribution in [0.15, 0.2) is 53.6 Å². The minimum Gasteiger partial charge on any atom is -0.497 e. The van der Waals surface area contributed by atoms with E-state index in [9.17, 15) is 27.5 Å². The van der Waals surface area contributed by atoms with Crippen molar-refractivity contribution in [3.8, 4) is 5.75 Å². The molecule has 0 saturated heterocycles. The van der Waals surface area contributed by atoms with Crippen LogP contribution >= 0.6 is 0 Å². The highest BCUT2D eigenvalue weighted by Gasteiger charge is 2.53. The van der Waals surface area contributed by atoms with E-state index in [1.807, 2.05) is 0 Å². The normalized spacial score (nSPS) is 19.8. The summed E-state index contributed by atoms with van der Waals surface area (Å²) in [6.45, 7) is 0. The lowest BCUT2D eigenvalue weighted by Crippen LogP contribution is -2.43. The lowest BCUT2D eigenvalue weighted by Gasteiger charge is -2.31. The molecule has 0 spiro atoms. The molecule has 0 unspecified atom stereocenters. The number of methoxy groups -OCH3 is 1. The smallest absolute Gasteiger partial charge is 0.431 e. The topological polar surface area (TPSA) is 62.1 Å². The molecular weight excluding hydrogens is 368 g/mol. The van der Waals surface area contributed by atoms with E-state index in [0.29, 0.717) is 10.8 Å². The molecule has 27 heavy (non-hydrogen) atoms. The molecule has 2 aromatic carbocycles. The molecule has 142 valence electrons. The van der Waals surface area contributed by atoms with Gasteiger partial charge in [-0.1, -0.05) is 12.1 Å². The van der Waals surface area contributed by atoms with Gasteiger partial charge >= 0.3 is 6.18 Å². The monoisotopic (exact) mass is 382 g/mol. The summed E-state index contributed by atoms with van der Waals surface area (Å²) in [5.41, 5.74) is -3.79. The quantitative estimate of drug-likeness (QED) is 0.828. The number of hydrogen-bond acceptors (Lipinski definition) is 4. The highest BCUT2D eigenvalue weighted by Crippen LogP contribution is 2.40. The van der Waals surface area contributed by atoms with E-state index in [0.717, 1.165) is 24.3 Å². The Bertz CT molecular complexity index is 879. The Morgan fingerprint density at radius 2 is 1.74 bits per heavy atom. The van der Waals surface area contributed by atoms with Crippen LogP contribution in [0.2, 0.25) is 0 Å². The fourth-order valence-corrected chi connectivity index (χ4v) is 2.71. The molecule has 3 rings (SSSR count). The van der Waals surface area contributed by atoms with Gasteiger partial charge in [-0.15, -0.1) is 0 Å². The van der Waals surface area contributed by atoms with Crippen LogP contribution in [-0.2, 0) is 5.72 Å². The zero-order valence-corrected chi connectivity index (χ0v) is 14.0. The fourth-order valence-electron chi connectivity index (χ4n) is 2.71. The summed E-state index contributed by atoms with van der Waals surface area (Å²) in [4.78, 5) is 12.8. The predicted octanol–water partition coefficient (Wildman–Crippen LogP) is 3.44. The van der Waals surface area contributed by atoms with E-state index in [1.165, 1.54) is 31.4 Å². The Labute approximate surface area is 151 Å². The van der Waals surface area contributed by atoms with Crippen LogP contribution in [0.4, 0.5) is 17.6 Å². The number of carbonyl (C=O) groups excluding carboxylic acids is 1. The number of nitrogens with zero attached hydrogens (tertiary/aromatic N) is 2. The van der Waals surface area contributed by atoms with Crippen molar-refractivity contribution < 1.29 is 32.2 Å². The molecule has 1 aliphatic heterocycles. The molecule has 9 heteroatoms. The molecule has 1 atom stereocenters. The van der Waals surface area contributed by atoms with Crippen LogP contribution in [0.25, 0.3) is 0 Å². The third-order valence-corrected chi connectivity index (χ3v) is 4.15. The van der Waals surface area contributed by atoms with Crippen molar-refractivity contribution in [1.29, 1.82) is 0 Å². The number of amides is 1. The van der Waals surface area contributed by atoms with Crippen molar-refractivity contribution in [3.63, 3.8) is 0 Å². The molecule has 0 radical (unpaired) electrons. The Hall–Kier alpha value is -2.94. The number of halogens is 4. The highest BCUT2D eigenvalue weighted by molar-refractivity contribution is 5.99. The first-order chi connectivity index (χ1) is 12.6. The summed E-state index contributed by atoms with van der Waals surface area (Å²) in [6, 6.07) is 9.77. The maximum atomic E-state index is 13.2. The molecule has 2 aromatic rings. The van der Waals surface area contributed by atoms with Gasteiger partial charge in [-0.3, -0.25) is 4.79 Å². The molecule has 0 bridgehead atoms. The first-order valence-electron chi connectivity index (χ1n) is 7.77. The Kier molecular flexibility index (Phi) is 4.64. The van der Waals surface area contributed by atoms with Gasteiger partial charge in [0.1, 0.15) is 17.3 Å². The van der Waals surface area contributed by atoms with Gasteiger partial charge < -0.3 is 9.84 Å². The molecule has 1 heterocycles. The lowest BCUT2D eigenvalue weighted by molar-refractivity contribution is -0.0816. The van der Waals surface area contributed by atoms with Crippen LogP contribution < -0.4 is 4.74 Å². The van der Waals surface area contributed by atoms with Gasteiger partial charge in [0.15, 0.2) is 5.72 Å². The van der Waals surface area contributed by atoms with E-state index < -0.39 is 35.8 Å². The van der Waals surface area contributed by atoms with Crippen LogP contribution in [0.1, 0.15) is 22.3 Å². The summed E-state index contributed by atoms with van der Waals surface area (Å²) >= 11 is 0. The van der Waals surface area contributed by atoms with Crippen molar-refractivity contribution in [2.75, 3.05) is 7.11 Å². The average Bonchev–Trinajstić information content (AvgIpc) is 3.01. The van der Waals surface area contributed by atoms with Gasteiger partial charge in [-0.2, -0.15) is 23.3 Å². The molecule has 0 aromatic heterocycles. The second-order valence-electron chi connectivity index (χ2n) is 5.89. The SMILES string of the molecule is COc1ccc(C(=O)N2N=C(C(F)(F)F)C[C@]2(O)c2ccc(F)cc2)cc1. The summed E-state index contributed by atoms with van der Waals surface area (Å²) in [6.07, 6.45) is -5.80. The van der Waals surface area contributed by atoms with Crippen LogP contribution in [0.3, 0.4) is 0 Å². The van der Waals surface area contributed by atoms with Crippen LogP contribution in [-0.4, -0.2) is 35.0 Å². The Morgan fingerprint density at radius 1 is 1.15 bits per heavy atom. The van der Waals surface area contributed by atoms with Gasteiger partial charge in [0, 0.05) is 11.1 Å². The highest BCUT2D eigenvalue weighted by atomic mass is 19.4. The zero-order chi connectivity index (χ0) is 19.8. The molecule has 1 amide bonds. The van der Waals surface area contributed by atoms with E-state index >= 15 is 0 Å². The number of carbonyl (C=O) groups is 1. The van der Waals surface area contributed by atoms with Crippen molar-refractivity contribution in [2.24, 2.45) is 5.10 Å². The average molecular weight is 382 g/mol. The van der Waals surface area contributed by atoms with Crippen LogP contribution in [0, 0.1) is 5.82 Å². The molecule has 1 N–H and O–H groups in total. The Morgan fingerprint density at radius 3 is 2.26 bits per heavy atom. The van der Waals surface area contributed by atoms with Gasteiger partial charge in [-0.25, -0.2) is 4.39 Å². The molecule has 5 nitrogen and oxygen atoms in total. The molecule has 0 aliphatic carbocycles. The number of aliphatic hydroxyl groups is 1. The summed E-state index contributed by atoms with van der Waals surface area (Å²) < 4.78 is 57.6. The lowest BCUT2D eigenvalue weighted by atomic mass is 9.96. The molecule has 1 aliphatic rings.